The van der Waals surface area contributed by atoms with E-state index >= 15 is 0 Å². The number of carbonyl (C=O) groups is 1. The second kappa shape index (κ2) is 7.19. The molecule has 2 rings (SSSR count). The number of alkyl halides is 3. The lowest BCUT2D eigenvalue weighted by atomic mass is 10.2. The Morgan fingerprint density at radius 2 is 1.52 bits per heavy atom. The molecule has 0 aliphatic heterocycles. The largest absolute Gasteiger partial charge is 0.416 e. The molecular weight excluding hydrogens is 364 g/mol. The van der Waals surface area contributed by atoms with Crippen LogP contribution < -0.4 is 10.0 Å². The van der Waals surface area contributed by atoms with Crippen molar-refractivity contribution in [1.82, 2.24) is 4.72 Å². The van der Waals surface area contributed by atoms with Crippen LogP contribution >= 0.6 is 0 Å². The number of amides is 1. The molecule has 134 valence electrons. The van der Waals surface area contributed by atoms with Crippen molar-refractivity contribution >= 4 is 21.6 Å². The first-order valence-corrected chi connectivity index (χ1v) is 8.28. The first-order valence-electron chi connectivity index (χ1n) is 6.80. The lowest BCUT2D eigenvalue weighted by Crippen LogP contribution is -2.32. The molecule has 0 aliphatic rings. The number of hydrogen-bond acceptors (Lipinski definition) is 3. The molecule has 5 nitrogen and oxygen atoms in total. The van der Waals surface area contributed by atoms with Crippen molar-refractivity contribution in [3.05, 3.63) is 59.9 Å². The van der Waals surface area contributed by atoms with Gasteiger partial charge < -0.3 is 5.32 Å². The number of sulfonamides is 1. The van der Waals surface area contributed by atoms with Gasteiger partial charge in [-0.15, -0.1) is 0 Å². The Bertz CT molecular complexity index is 848. The van der Waals surface area contributed by atoms with Crippen molar-refractivity contribution in [2.24, 2.45) is 0 Å². The highest BCUT2D eigenvalue weighted by Gasteiger charge is 2.30. The number of benzene rings is 2. The standard InChI is InChI=1S/C15H12F4N2O3S/c16-11-3-5-12(6-4-11)21-14(22)9-20-25(23,24)13-7-1-10(2-8-13)15(17,18)19/h1-8,20H,9H2,(H,21,22). The zero-order valence-electron chi connectivity index (χ0n) is 12.5. The third-order valence-corrected chi connectivity index (χ3v) is 4.46. The number of halogens is 4. The SMILES string of the molecule is O=C(CNS(=O)(=O)c1ccc(C(F)(F)F)cc1)Nc1ccc(F)cc1. The minimum atomic E-state index is -4.58. The quantitative estimate of drug-likeness (QED) is 0.788. The Kier molecular flexibility index (Phi) is 5.43. The number of nitrogens with one attached hydrogen (secondary N) is 2. The summed E-state index contributed by atoms with van der Waals surface area (Å²) >= 11 is 0. The molecule has 0 spiro atoms. The zero-order valence-corrected chi connectivity index (χ0v) is 13.3. The van der Waals surface area contributed by atoms with Crippen molar-refractivity contribution < 1.29 is 30.8 Å². The molecule has 0 saturated heterocycles. The summed E-state index contributed by atoms with van der Waals surface area (Å²) in [5, 5.41) is 2.34. The van der Waals surface area contributed by atoms with Gasteiger partial charge in [0.1, 0.15) is 5.82 Å². The van der Waals surface area contributed by atoms with Crippen molar-refractivity contribution in [2.45, 2.75) is 11.1 Å². The van der Waals surface area contributed by atoms with Crippen LogP contribution in [-0.2, 0) is 21.0 Å². The second-order valence-electron chi connectivity index (χ2n) is 4.90. The van der Waals surface area contributed by atoms with E-state index in [0.29, 0.717) is 12.1 Å². The van der Waals surface area contributed by atoms with Crippen LogP contribution in [0.3, 0.4) is 0 Å². The molecule has 0 radical (unpaired) electrons. The van der Waals surface area contributed by atoms with Gasteiger partial charge >= 0.3 is 6.18 Å². The number of rotatable bonds is 5. The number of anilines is 1. The van der Waals surface area contributed by atoms with Crippen LogP contribution in [0.25, 0.3) is 0 Å². The van der Waals surface area contributed by atoms with Gasteiger partial charge in [-0.2, -0.15) is 13.2 Å². The molecule has 2 N–H and O–H groups in total. The average molecular weight is 376 g/mol. The number of carbonyl (C=O) groups excluding carboxylic acids is 1. The van der Waals surface area contributed by atoms with Gasteiger partial charge in [0.05, 0.1) is 17.0 Å². The molecule has 1 amide bonds. The average Bonchev–Trinajstić information content (AvgIpc) is 2.55. The lowest BCUT2D eigenvalue weighted by molar-refractivity contribution is -0.137. The minimum absolute atomic E-state index is 0.264. The molecule has 0 aliphatic carbocycles. The monoisotopic (exact) mass is 376 g/mol. The van der Waals surface area contributed by atoms with Crippen LogP contribution in [-0.4, -0.2) is 20.9 Å². The highest BCUT2D eigenvalue weighted by molar-refractivity contribution is 7.89. The Morgan fingerprint density at radius 1 is 0.960 bits per heavy atom. The van der Waals surface area contributed by atoms with Gasteiger partial charge in [0.2, 0.25) is 15.9 Å². The predicted molar refractivity (Wildman–Crippen MR) is 81.7 cm³/mol. The summed E-state index contributed by atoms with van der Waals surface area (Å²) in [4.78, 5) is 11.3. The summed E-state index contributed by atoms with van der Waals surface area (Å²) < 4.78 is 76.0. The zero-order chi connectivity index (χ0) is 18.7. The van der Waals surface area contributed by atoms with E-state index in [1.54, 1.807) is 0 Å². The van der Waals surface area contributed by atoms with Gasteiger partial charge in [0.15, 0.2) is 0 Å². The van der Waals surface area contributed by atoms with Gasteiger partial charge in [0, 0.05) is 5.69 Å². The molecule has 0 unspecified atom stereocenters. The third-order valence-electron chi connectivity index (χ3n) is 3.04. The molecule has 2 aromatic carbocycles. The minimum Gasteiger partial charge on any atom is -0.325 e. The van der Waals surface area contributed by atoms with E-state index in [1.807, 2.05) is 4.72 Å². The smallest absolute Gasteiger partial charge is 0.325 e. The fraction of sp³-hybridized carbons (Fsp3) is 0.133. The van der Waals surface area contributed by atoms with E-state index in [9.17, 15) is 30.8 Å². The molecule has 2 aromatic rings. The maximum Gasteiger partial charge on any atom is 0.416 e. The van der Waals surface area contributed by atoms with E-state index in [-0.39, 0.29) is 5.69 Å². The predicted octanol–water partition coefficient (Wildman–Crippen LogP) is 2.76. The fourth-order valence-electron chi connectivity index (χ4n) is 1.81. The molecule has 0 saturated carbocycles. The molecule has 0 bridgehead atoms. The van der Waals surface area contributed by atoms with Crippen molar-refractivity contribution in [3.63, 3.8) is 0 Å². The number of hydrogen-bond donors (Lipinski definition) is 2. The summed E-state index contributed by atoms with van der Waals surface area (Å²) in [6.45, 7) is -0.638. The van der Waals surface area contributed by atoms with Gasteiger partial charge in [-0.3, -0.25) is 4.79 Å². The van der Waals surface area contributed by atoms with Gasteiger partial charge in [0.25, 0.3) is 0 Å². The van der Waals surface area contributed by atoms with E-state index in [1.165, 1.54) is 12.1 Å². The van der Waals surface area contributed by atoms with Crippen molar-refractivity contribution in [2.75, 3.05) is 11.9 Å². The molecule has 0 aromatic heterocycles. The molecule has 0 atom stereocenters. The van der Waals surface area contributed by atoms with Crippen molar-refractivity contribution in [3.8, 4) is 0 Å². The van der Waals surface area contributed by atoms with Gasteiger partial charge in [-0.05, 0) is 48.5 Å². The summed E-state index contributed by atoms with van der Waals surface area (Å²) in [5.41, 5.74) is -0.722. The Hall–Kier alpha value is -2.46. The summed E-state index contributed by atoms with van der Waals surface area (Å²) in [7, 11) is -4.15. The Labute approximate surface area is 140 Å². The lowest BCUT2D eigenvalue weighted by Gasteiger charge is -2.10. The Balaban J connectivity index is 1.98. The fourth-order valence-corrected chi connectivity index (χ4v) is 2.79. The van der Waals surface area contributed by atoms with E-state index in [4.69, 9.17) is 0 Å². The first-order chi connectivity index (χ1) is 11.6. The topological polar surface area (TPSA) is 75.3 Å². The molecule has 0 heterocycles. The third kappa shape index (κ3) is 5.26. The van der Waals surface area contributed by atoms with Gasteiger partial charge in [-0.1, -0.05) is 0 Å². The van der Waals surface area contributed by atoms with E-state index in [0.717, 1.165) is 24.3 Å². The molecule has 0 fully saturated rings. The van der Waals surface area contributed by atoms with Crippen LogP contribution in [0.2, 0.25) is 0 Å². The normalized spacial score (nSPS) is 12.0. The second-order valence-corrected chi connectivity index (χ2v) is 6.67. The highest BCUT2D eigenvalue weighted by atomic mass is 32.2. The van der Waals surface area contributed by atoms with Gasteiger partial charge in [-0.25, -0.2) is 17.5 Å². The maximum atomic E-state index is 12.7. The molecule has 25 heavy (non-hydrogen) atoms. The Morgan fingerprint density at radius 3 is 2.04 bits per heavy atom. The molecule has 10 heteroatoms. The van der Waals surface area contributed by atoms with E-state index in [2.05, 4.69) is 5.32 Å². The van der Waals surface area contributed by atoms with Crippen LogP contribution in [0.4, 0.5) is 23.2 Å². The molecular formula is C15H12F4N2O3S. The van der Waals surface area contributed by atoms with Crippen LogP contribution in [0.15, 0.2) is 53.4 Å². The first kappa shape index (κ1) is 18.9. The van der Waals surface area contributed by atoms with Crippen LogP contribution in [0, 0.1) is 5.82 Å². The summed E-state index contributed by atoms with van der Waals surface area (Å²) in [5.74, 6) is -1.22. The maximum absolute atomic E-state index is 12.7. The van der Waals surface area contributed by atoms with E-state index < -0.39 is 44.9 Å². The summed E-state index contributed by atoms with van der Waals surface area (Å²) in [6, 6.07) is 7.66. The van der Waals surface area contributed by atoms with Crippen LogP contribution in [0.1, 0.15) is 5.56 Å². The van der Waals surface area contributed by atoms with Crippen molar-refractivity contribution in [1.29, 1.82) is 0 Å². The summed E-state index contributed by atoms with van der Waals surface area (Å²) in [6.07, 6.45) is -4.58. The highest BCUT2D eigenvalue weighted by Crippen LogP contribution is 2.29. The van der Waals surface area contributed by atoms with Crippen LogP contribution in [0.5, 0.6) is 0 Å².